The third-order valence-electron chi connectivity index (χ3n) is 4.92. The lowest BCUT2D eigenvalue weighted by atomic mass is 9.87. The molecule has 0 N–H and O–H groups in total. The highest BCUT2D eigenvalue weighted by atomic mass is 32.2. The molecule has 6 nitrogen and oxygen atoms in total. The SMILES string of the molecule is CCCCn1c(CN(C)Cc2nccs2)cnc1S(=O)(=O)CC1CCC1. The molecule has 1 aliphatic carbocycles. The summed E-state index contributed by atoms with van der Waals surface area (Å²) in [6.45, 7) is 4.24. The molecular weight excluding hydrogens is 368 g/mol. The molecule has 2 aromatic rings. The van der Waals surface area contributed by atoms with Gasteiger partial charge in [-0.3, -0.25) is 4.90 Å². The Labute approximate surface area is 160 Å². The van der Waals surface area contributed by atoms with Crippen LogP contribution in [0.2, 0.25) is 0 Å². The minimum Gasteiger partial charge on any atom is -0.318 e. The summed E-state index contributed by atoms with van der Waals surface area (Å²) in [7, 11) is -1.29. The van der Waals surface area contributed by atoms with Crippen LogP contribution in [0.5, 0.6) is 0 Å². The normalized spacial score (nSPS) is 15.5. The fraction of sp³-hybridized carbons (Fsp3) is 0.667. The van der Waals surface area contributed by atoms with Gasteiger partial charge in [0.15, 0.2) is 0 Å². The van der Waals surface area contributed by atoms with E-state index in [-0.39, 0.29) is 10.9 Å². The van der Waals surface area contributed by atoms with E-state index in [0.717, 1.165) is 49.4 Å². The molecule has 2 aromatic heterocycles. The van der Waals surface area contributed by atoms with Gasteiger partial charge in [-0.15, -0.1) is 11.3 Å². The first-order valence-electron chi connectivity index (χ1n) is 9.33. The zero-order chi connectivity index (χ0) is 18.6. The maximum absolute atomic E-state index is 12.9. The van der Waals surface area contributed by atoms with E-state index in [4.69, 9.17) is 0 Å². The first kappa shape index (κ1) is 19.5. The highest BCUT2D eigenvalue weighted by Crippen LogP contribution is 2.30. The van der Waals surface area contributed by atoms with Crippen LogP contribution in [0.4, 0.5) is 0 Å². The third kappa shape index (κ3) is 4.72. The van der Waals surface area contributed by atoms with E-state index < -0.39 is 9.84 Å². The van der Waals surface area contributed by atoms with E-state index in [1.807, 2.05) is 23.2 Å². The highest BCUT2D eigenvalue weighted by molar-refractivity contribution is 7.91. The van der Waals surface area contributed by atoms with Crippen molar-refractivity contribution in [3.63, 3.8) is 0 Å². The molecule has 144 valence electrons. The first-order valence-corrected chi connectivity index (χ1v) is 11.9. The average molecular weight is 397 g/mol. The summed E-state index contributed by atoms with van der Waals surface area (Å²) in [5.74, 6) is 0.553. The van der Waals surface area contributed by atoms with E-state index >= 15 is 0 Å². The maximum Gasteiger partial charge on any atom is 0.227 e. The van der Waals surface area contributed by atoms with Crippen LogP contribution in [0.3, 0.4) is 0 Å². The summed E-state index contributed by atoms with van der Waals surface area (Å²) in [5, 5.41) is 3.29. The largest absolute Gasteiger partial charge is 0.318 e. The number of thiazole rings is 1. The fourth-order valence-electron chi connectivity index (χ4n) is 3.26. The molecule has 0 amide bonds. The summed E-state index contributed by atoms with van der Waals surface area (Å²) in [5.41, 5.74) is 0.963. The molecule has 1 aliphatic rings. The van der Waals surface area contributed by atoms with Gasteiger partial charge in [0.25, 0.3) is 0 Å². The van der Waals surface area contributed by atoms with Gasteiger partial charge in [0, 0.05) is 24.7 Å². The quantitative estimate of drug-likeness (QED) is 0.616. The van der Waals surface area contributed by atoms with Crippen LogP contribution >= 0.6 is 11.3 Å². The number of nitrogens with zero attached hydrogens (tertiary/aromatic N) is 4. The van der Waals surface area contributed by atoms with Crippen LogP contribution in [-0.4, -0.2) is 40.7 Å². The number of sulfone groups is 1. The van der Waals surface area contributed by atoms with Gasteiger partial charge in [-0.2, -0.15) is 0 Å². The molecule has 26 heavy (non-hydrogen) atoms. The number of aromatic nitrogens is 3. The Morgan fingerprint density at radius 3 is 2.73 bits per heavy atom. The molecule has 0 spiro atoms. The van der Waals surface area contributed by atoms with Gasteiger partial charge in [0.2, 0.25) is 15.0 Å². The Balaban J connectivity index is 1.77. The second-order valence-corrected chi connectivity index (χ2v) is 10.1. The Kier molecular flexibility index (Phi) is 6.47. The number of hydrogen-bond donors (Lipinski definition) is 0. The number of hydrogen-bond acceptors (Lipinski definition) is 6. The van der Waals surface area contributed by atoms with E-state index in [1.54, 1.807) is 17.5 Å². The van der Waals surface area contributed by atoms with E-state index in [0.29, 0.717) is 19.0 Å². The highest BCUT2D eigenvalue weighted by Gasteiger charge is 2.30. The van der Waals surface area contributed by atoms with Crippen molar-refractivity contribution in [1.29, 1.82) is 0 Å². The van der Waals surface area contributed by atoms with Gasteiger partial charge in [-0.1, -0.05) is 19.8 Å². The van der Waals surface area contributed by atoms with Gasteiger partial charge < -0.3 is 4.57 Å². The molecule has 1 saturated carbocycles. The Morgan fingerprint density at radius 2 is 2.12 bits per heavy atom. The zero-order valence-electron chi connectivity index (χ0n) is 15.6. The van der Waals surface area contributed by atoms with Gasteiger partial charge in [0.1, 0.15) is 5.01 Å². The second kappa shape index (κ2) is 8.63. The molecule has 1 fully saturated rings. The molecule has 0 aliphatic heterocycles. The smallest absolute Gasteiger partial charge is 0.227 e. The molecular formula is C18H28N4O2S2. The zero-order valence-corrected chi connectivity index (χ0v) is 17.2. The van der Waals surface area contributed by atoms with Crippen LogP contribution in [-0.2, 0) is 29.5 Å². The second-order valence-electron chi connectivity index (χ2n) is 7.21. The van der Waals surface area contributed by atoms with E-state index in [9.17, 15) is 8.42 Å². The van der Waals surface area contributed by atoms with Crippen molar-refractivity contribution >= 4 is 21.2 Å². The van der Waals surface area contributed by atoms with E-state index in [1.165, 1.54) is 0 Å². The summed E-state index contributed by atoms with van der Waals surface area (Å²) in [6, 6.07) is 0. The van der Waals surface area contributed by atoms with E-state index in [2.05, 4.69) is 21.8 Å². The third-order valence-corrected chi connectivity index (χ3v) is 7.47. The Morgan fingerprint density at radius 1 is 1.31 bits per heavy atom. The minimum absolute atomic E-state index is 0.241. The summed E-state index contributed by atoms with van der Waals surface area (Å²) < 4.78 is 27.7. The fourth-order valence-corrected chi connectivity index (χ4v) is 5.82. The van der Waals surface area contributed by atoms with Crippen molar-refractivity contribution < 1.29 is 8.42 Å². The van der Waals surface area contributed by atoms with Gasteiger partial charge in [-0.05, 0) is 32.2 Å². The maximum atomic E-state index is 12.9. The Bertz CT molecular complexity index is 795. The first-order chi connectivity index (χ1) is 12.5. The number of rotatable bonds is 10. The molecule has 3 rings (SSSR count). The molecule has 0 atom stereocenters. The van der Waals surface area contributed by atoms with Crippen molar-refractivity contribution in [2.45, 2.75) is 63.8 Å². The minimum atomic E-state index is -3.32. The van der Waals surface area contributed by atoms with Crippen LogP contribution < -0.4 is 0 Å². The summed E-state index contributed by atoms with van der Waals surface area (Å²) in [6.07, 6.45) is 8.72. The number of imidazole rings is 1. The van der Waals surface area contributed by atoms with Gasteiger partial charge >= 0.3 is 0 Å². The van der Waals surface area contributed by atoms with Gasteiger partial charge in [-0.25, -0.2) is 18.4 Å². The van der Waals surface area contributed by atoms with Gasteiger partial charge in [0.05, 0.1) is 24.2 Å². The topological polar surface area (TPSA) is 68.1 Å². The molecule has 2 heterocycles. The van der Waals surface area contributed by atoms with Crippen molar-refractivity contribution in [3.8, 4) is 0 Å². The number of unbranched alkanes of at least 4 members (excludes halogenated alkanes) is 1. The van der Waals surface area contributed by atoms with Crippen LogP contribution in [0, 0.1) is 5.92 Å². The lowest BCUT2D eigenvalue weighted by Crippen LogP contribution is -2.25. The van der Waals surface area contributed by atoms with Crippen LogP contribution in [0.1, 0.15) is 49.7 Å². The van der Waals surface area contributed by atoms with Crippen LogP contribution in [0.15, 0.2) is 22.9 Å². The predicted octanol–water partition coefficient (Wildman–Crippen LogP) is 3.35. The molecule has 8 heteroatoms. The summed E-state index contributed by atoms with van der Waals surface area (Å²) in [4.78, 5) is 10.8. The lowest BCUT2D eigenvalue weighted by molar-refractivity contribution is 0.306. The molecule has 0 unspecified atom stereocenters. The molecule has 0 bridgehead atoms. The van der Waals surface area contributed by atoms with Crippen molar-refractivity contribution in [2.24, 2.45) is 5.92 Å². The Hall–Kier alpha value is -1.25. The van der Waals surface area contributed by atoms with Crippen molar-refractivity contribution in [2.75, 3.05) is 12.8 Å². The molecule has 0 aromatic carbocycles. The van der Waals surface area contributed by atoms with Crippen molar-refractivity contribution in [3.05, 3.63) is 28.5 Å². The van der Waals surface area contributed by atoms with Crippen molar-refractivity contribution in [1.82, 2.24) is 19.4 Å². The molecule has 0 saturated heterocycles. The van der Waals surface area contributed by atoms with Crippen LogP contribution in [0.25, 0.3) is 0 Å². The summed E-state index contributed by atoms with van der Waals surface area (Å²) >= 11 is 1.63. The average Bonchev–Trinajstić information content (AvgIpc) is 3.19. The predicted molar refractivity (Wildman–Crippen MR) is 104 cm³/mol. The molecule has 0 radical (unpaired) electrons. The standard InChI is InChI=1S/C18H28N4O2S2/c1-3-4-9-22-16(12-21(2)13-17-19-8-10-25-17)11-20-18(22)26(23,24)14-15-6-5-7-15/h8,10-11,15H,3-7,9,12-14H2,1-2H3. The monoisotopic (exact) mass is 396 g/mol. The lowest BCUT2D eigenvalue weighted by Gasteiger charge is -2.25.